The van der Waals surface area contributed by atoms with Crippen LogP contribution in [0.5, 0.6) is 11.5 Å². The lowest BCUT2D eigenvalue weighted by Crippen LogP contribution is -2.40. The maximum atomic E-state index is 12.8. The summed E-state index contributed by atoms with van der Waals surface area (Å²) in [4.78, 5) is 26.1. The summed E-state index contributed by atoms with van der Waals surface area (Å²) in [7, 11) is 0. The van der Waals surface area contributed by atoms with Gasteiger partial charge in [-0.2, -0.15) is 0 Å². The van der Waals surface area contributed by atoms with E-state index in [1.807, 2.05) is 26.0 Å². The van der Waals surface area contributed by atoms with E-state index in [4.69, 9.17) is 27.9 Å². The van der Waals surface area contributed by atoms with Crippen molar-refractivity contribution in [3.05, 3.63) is 51.5 Å². The average molecular weight is 435 g/mol. The third-order valence-corrected chi connectivity index (χ3v) is 5.60. The van der Waals surface area contributed by atoms with Crippen LogP contribution in [0, 0.1) is 19.8 Å². The highest BCUT2D eigenvalue weighted by molar-refractivity contribution is 6.31. The smallest absolute Gasteiger partial charge is 0.227 e. The van der Waals surface area contributed by atoms with Gasteiger partial charge in [0.2, 0.25) is 11.8 Å². The summed E-state index contributed by atoms with van der Waals surface area (Å²) < 4.78 is 6.13. The molecule has 154 valence electrons. The molecule has 1 aliphatic rings. The summed E-state index contributed by atoms with van der Waals surface area (Å²) in [6, 6.07) is 8.81. The zero-order valence-electron chi connectivity index (χ0n) is 16.7. The average Bonchev–Trinajstić information content (AvgIpc) is 2.66. The molecule has 2 aromatic carbocycles. The van der Waals surface area contributed by atoms with Gasteiger partial charge in [0.1, 0.15) is 5.75 Å². The lowest BCUT2D eigenvalue weighted by atomic mass is 9.96. The number of rotatable bonds is 4. The number of piperidine rings is 1. The molecule has 1 N–H and O–H groups in total. The van der Waals surface area contributed by atoms with Gasteiger partial charge >= 0.3 is 0 Å². The number of ether oxygens (including phenoxy) is 1. The van der Waals surface area contributed by atoms with Gasteiger partial charge in [-0.25, -0.2) is 0 Å². The molecule has 0 aromatic heterocycles. The van der Waals surface area contributed by atoms with Gasteiger partial charge in [-0.05, 0) is 68.1 Å². The van der Waals surface area contributed by atoms with Crippen molar-refractivity contribution in [3.63, 3.8) is 0 Å². The largest absolute Gasteiger partial charge is 0.455 e. The highest BCUT2D eigenvalue weighted by Crippen LogP contribution is 2.36. The van der Waals surface area contributed by atoms with Crippen LogP contribution in [0.2, 0.25) is 10.0 Å². The van der Waals surface area contributed by atoms with E-state index >= 15 is 0 Å². The second-order valence-electron chi connectivity index (χ2n) is 7.38. The van der Waals surface area contributed by atoms with E-state index in [-0.39, 0.29) is 17.7 Å². The van der Waals surface area contributed by atoms with Crippen LogP contribution in [0.25, 0.3) is 0 Å². The summed E-state index contributed by atoms with van der Waals surface area (Å²) in [6.07, 6.45) is 1.27. The number of anilines is 1. The Labute approximate surface area is 180 Å². The second-order valence-corrected chi connectivity index (χ2v) is 8.25. The molecule has 0 saturated carbocycles. The van der Waals surface area contributed by atoms with Crippen LogP contribution in [0.3, 0.4) is 0 Å². The fourth-order valence-corrected chi connectivity index (χ4v) is 4.05. The van der Waals surface area contributed by atoms with E-state index in [1.54, 1.807) is 30.0 Å². The number of nitrogens with one attached hydrogen (secondary N) is 1. The van der Waals surface area contributed by atoms with Crippen LogP contribution in [0.15, 0.2) is 30.3 Å². The normalized spacial score (nSPS) is 14.6. The number of nitrogens with zero attached hydrogens (tertiary/aromatic N) is 1. The Morgan fingerprint density at radius 2 is 1.66 bits per heavy atom. The zero-order valence-corrected chi connectivity index (χ0v) is 18.2. The predicted molar refractivity (Wildman–Crippen MR) is 116 cm³/mol. The van der Waals surface area contributed by atoms with Gasteiger partial charge in [0, 0.05) is 36.0 Å². The summed E-state index contributed by atoms with van der Waals surface area (Å²) >= 11 is 12.3. The topological polar surface area (TPSA) is 58.6 Å². The Hall–Kier alpha value is -2.24. The molecule has 1 heterocycles. The van der Waals surface area contributed by atoms with Crippen LogP contribution in [0.1, 0.15) is 30.9 Å². The van der Waals surface area contributed by atoms with Gasteiger partial charge in [-0.15, -0.1) is 0 Å². The van der Waals surface area contributed by atoms with Crippen molar-refractivity contribution >= 4 is 40.7 Å². The number of carbonyl (C=O) groups is 2. The first-order valence-electron chi connectivity index (χ1n) is 9.55. The van der Waals surface area contributed by atoms with Crippen molar-refractivity contribution in [1.29, 1.82) is 0 Å². The molecule has 1 saturated heterocycles. The number of hydrogen-bond acceptors (Lipinski definition) is 3. The highest BCUT2D eigenvalue weighted by Gasteiger charge is 2.26. The number of halogens is 2. The Balaban J connectivity index is 1.78. The van der Waals surface area contributed by atoms with E-state index in [1.165, 1.54) is 0 Å². The van der Waals surface area contributed by atoms with Crippen molar-refractivity contribution in [2.45, 2.75) is 33.6 Å². The lowest BCUT2D eigenvalue weighted by Gasteiger charge is -2.30. The van der Waals surface area contributed by atoms with Gasteiger partial charge in [0.25, 0.3) is 0 Å². The zero-order chi connectivity index (χ0) is 21.1. The molecule has 1 aliphatic heterocycles. The summed E-state index contributed by atoms with van der Waals surface area (Å²) in [5.74, 6) is 1.00. The summed E-state index contributed by atoms with van der Waals surface area (Å²) in [6.45, 7) is 6.58. The van der Waals surface area contributed by atoms with Gasteiger partial charge in [0.15, 0.2) is 5.75 Å². The minimum absolute atomic E-state index is 0.0445. The number of benzene rings is 2. The van der Waals surface area contributed by atoms with Crippen LogP contribution in [0.4, 0.5) is 5.69 Å². The number of aryl methyl sites for hydroxylation is 2. The Bertz CT molecular complexity index is 915. The van der Waals surface area contributed by atoms with Crippen LogP contribution < -0.4 is 10.1 Å². The van der Waals surface area contributed by atoms with Gasteiger partial charge in [-0.1, -0.05) is 23.2 Å². The third kappa shape index (κ3) is 5.22. The Morgan fingerprint density at radius 3 is 2.24 bits per heavy atom. The molecule has 0 atom stereocenters. The highest BCUT2D eigenvalue weighted by atomic mass is 35.5. The van der Waals surface area contributed by atoms with E-state index in [9.17, 15) is 9.59 Å². The first-order chi connectivity index (χ1) is 13.7. The molecule has 0 bridgehead atoms. The molecule has 2 amide bonds. The number of hydrogen-bond donors (Lipinski definition) is 1. The lowest BCUT2D eigenvalue weighted by molar-refractivity contribution is -0.132. The first-order valence-corrected chi connectivity index (χ1v) is 10.3. The van der Waals surface area contributed by atoms with Crippen molar-refractivity contribution in [2.24, 2.45) is 5.92 Å². The standard InChI is InChI=1S/C22H24Cl2N2O3/c1-13-10-18(24)11-14(2)21(13)29-20-5-4-17(23)12-19(20)25-22(28)16-6-8-26(9-7-16)15(3)27/h4-5,10-12,16H,6-9H2,1-3H3,(H,25,28). The van der Waals surface area contributed by atoms with E-state index in [0.717, 1.165) is 11.1 Å². The fourth-order valence-electron chi connectivity index (χ4n) is 3.55. The molecule has 0 spiro atoms. The van der Waals surface area contributed by atoms with E-state index in [0.29, 0.717) is 53.2 Å². The molecule has 0 radical (unpaired) electrons. The number of likely N-dealkylation sites (tertiary alicyclic amines) is 1. The molecule has 0 unspecified atom stereocenters. The molecule has 7 heteroatoms. The van der Waals surface area contributed by atoms with Crippen LogP contribution in [-0.2, 0) is 9.59 Å². The molecule has 29 heavy (non-hydrogen) atoms. The SMILES string of the molecule is CC(=O)N1CCC(C(=O)Nc2cc(Cl)ccc2Oc2c(C)cc(Cl)cc2C)CC1. The molecule has 3 rings (SSSR count). The van der Waals surface area contributed by atoms with Crippen LogP contribution >= 0.6 is 23.2 Å². The molecule has 0 aliphatic carbocycles. The van der Waals surface area contributed by atoms with Gasteiger partial charge < -0.3 is 15.0 Å². The maximum absolute atomic E-state index is 12.8. The van der Waals surface area contributed by atoms with Crippen molar-refractivity contribution in [3.8, 4) is 11.5 Å². The molecular formula is C22H24Cl2N2O3. The van der Waals surface area contributed by atoms with Crippen molar-refractivity contribution in [1.82, 2.24) is 4.90 Å². The fraction of sp³-hybridized carbons (Fsp3) is 0.364. The molecule has 5 nitrogen and oxygen atoms in total. The third-order valence-electron chi connectivity index (χ3n) is 5.15. The molecule has 1 fully saturated rings. The van der Waals surface area contributed by atoms with Crippen molar-refractivity contribution in [2.75, 3.05) is 18.4 Å². The minimum Gasteiger partial charge on any atom is -0.455 e. The monoisotopic (exact) mass is 434 g/mol. The maximum Gasteiger partial charge on any atom is 0.227 e. The molecule has 2 aromatic rings. The Kier molecular flexibility index (Phi) is 6.70. The number of carbonyl (C=O) groups excluding carboxylic acids is 2. The summed E-state index contributed by atoms with van der Waals surface area (Å²) in [5.41, 5.74) is 2.32. The summed E-state index contributed by atoms with van der Waals surface area (Å²) in [5, 5.41) is 4.11. The quantitative estimate of drug-likeness (QED) is 0.680. The van der Waals surface area contributed by atoms with Crippen molar-refractivity contribution < 1.29 is 14.3 Å². The number of amides is 2. The van der Waals surface area contributed by atoms with Crippen LogP contribution in [-0.4, -0.2) is 29.8 Å². The second kappa shape index (κ2) is 9.06. The van der Waals surface area contributed by atoms with E-state index in [2.05, 4.69) is 5.32 Å². The molecular weight excluding hydrogens is 411 g/mol. The first kappa shape index (κ1) is 21.5. The minimum atomic E-state index is -0.156. The van der Waals surface area contributed by atoms with Gasteiger partial charge in [0.05, 0.1) is 5.69 Å². The predicted octanol–water partition coefficient (Wildman–Crippen LogP) is 5.60. The Morgan fingerprint density at radius 1 is 1.03 bits per heavy atom. The van der Waals surface area contributed by atoms with E-state index < -0.39 is 0 Å². The van der Waals surface area contributed by atoms with Gasteiger partial charge in [-0.3, -0.25) is 9.59 Å².